The summed E-state index contributed by atoms with van der Waals surface area (Å²) < 4.78 is 31.7. The summed E-state index contributed by atoms with van der Waals surface area (Å²) in [4.78, 5) is 11.3. The van der Waals surface area contributed by atoms with Crippen LogP contribution in [-0.4, -0.2) is 61.4 Å². The number of halogens is 3. The maximum Gasteiger partial charge on any atom is 0.490 e. The highest BCUT2D eigenvalue weighted by atomic mass is 19.4. The molecule has 6 nitrogen and oxygen atoms in total. The molecule has 0 amide bonds. The molecule has 2 saturated heterocycles. The van der Waals surface area contributed by atoms with Crippen molar-refractivity contribution in [1.82, 2.24) is 10.2 Å². The van der Waals surface area contributed by atoms with Crippen molar-refractivity contribution in [2.75, 3.05) is 38.5 Å². The first-order chi connectivity index (χ1) is 14.6. The van der Waals surface area contributed by atoms with E-state index in [1.165, 1.54) is 43.6 Å². The van der Waals surface area contributed by atoms with Crippen LogP contribution in [0.4, 0.5) is 18.9 Å². The van der Waals surface area contributed by atoms with Gasteiger partial charge in [0.1, 0.15) is 0 Å². The summed E-state index contributed by atoms with van der Waals surface area (Å²) in [5.74, 6) is -2.23. The molecule has 2 heterocycles. The molecule has 1 saturated carbocycles. The Bertz CT molecular complexity index is 815. The van der Waals surface area contributed by atoms with Crippen LogP contribution in [0.1, 0.15) is 49.1 Å². The van der Waals surface area contributed by atoms with Crippen molar-refractivity contribution in [2.24, 2.45) is 5.41 Å². The van der Waals surface area contributed by atoms with E-state index in [2.05, 4.69) is 40.8 Å². The number of rotatable bonds is 3. The van der Waals surface area contributed by atoms with Crippen LogP contribution >= 0.6 is 0 Å². The van der Waals surface area contributed by atoms with Gasteiger partial charge < -0.3 is 20.6 Å². The van der Waals surface area contributed by atoms with E-state index in [0.717, 1.165) is 31.5 Å². The van der Waals surface area contributed by atoms with E-state index in [1.54, 1.807) is 0 Å². The van der Waals surface area contributed by atoms with Gasteiger partial charge in [0.15, 0.2) is 0 Å². The van der Waals surface area contributed by atoms with E-state index in [4.69, 9.17) is 9.90 Å². The third-order valence-electron chi connectivity index (χ3n) is 6.63. The number of nitrogens with zero attached hydrogens (tertiary/aromatic N) is 2. The number of likely N-dealkylation sites (tertiary alicyclic amines) is 1. The van der Waals surface area contributed by atoms with Gasteiger partial charge in [-0.3, -0.25) is 0 Å². The molecule has 3 N–H and O–H groups in total. The standard InChI is InChI=1S/C20H28N4.C2HF3O2/c1-24-8-4-15(5-9-24)19-10-17(3-2-16(19)13-21)23-18-11-20(12-18)6-7-22-14-20;3-2(4,5)1(6)7/h2-3,10,15,18,22-23H,4-9,11-12,14H2,1H3;(H,6,7). The quantitative estimate of drug-likeness (QED) is 0.669. The first kappa shape index (κ1) is 23.4. The molecule has 0 bridgehead atoms. The molecule has 1 spiro atoms. The predicted molar refractivity (Wildman–Crippen MR) is 111 cm³/mol. The Kier molecular flexibility index (Phi) is 7.12. The minimum Gasteiger partial charge on any atom is -0.475 e. The number of carboxylic acid groups (broad SMARTS) is 1. The molecule has 1 aromatic carbocycles. The lowest BCUT2D eigenvalue weighted by atomic mass is 9.65. The number of carbonyl (C=O) groups is 1. The molecule has 0 atom stereocenters. The minimum absolute atomic E-state index is 0.532. The highest BCUT2D eigenvalue weighted by Crippen LogP contribution is 2.47. The summed E-state index contributed by atoms with van der Waals surface area (Å²) in [5.41, 5.74) is 3.89. The largest absolute Gasteiger partial charge is 0.490 e. The number of hydrogen-bond donors (Lipinski definition) is 3. The zero-order chi connectivity index (χ0) is 22.6. The number of carboxylic acids is 1. The Morgan fingerprint density at radius 1 is 1.32 bits per heavy atom. The van der Waals surface area contributed by atoms with Gasteiger partial charge in [0.05, 0.1) is 11.6 Å². The van der Waals surface area contributed by atoms with Crippen LogP contribution in [0.5, 0.6) is 0 Å². The monoisotopic (exact) mass is 438 g/mol. The van der Waals surface area contributed by atoms with Crippen LogP contribution in [-0.2, 0) is 4.79 Å². The second-order valence-corrected chi connectivity index (χ2v) is 8.97. The third-order valence-corrected chi connectivity index (χ3v) is 6.63. The summed E-state index contributed by atoms with van der Waals surface area (Å²) in [6.45, 7) is 4.64. The van der Waals surface area contributed by atoms with Gasteiger partial charge in [0.25, 0.3) is 0 Å². The number of anilines is 1. The fourth-order valence-electron chi connectivity index (χ4n) is 4.88. The fourth-order valence-corrected chi connectivity index (χ4v) is 4.88. The average Bonchev–Trinajstić information content (AvgIpc) is 3.18. The number of alkyl halides is 3. The Labute approximate surface area is 180 Å². The van der Waals surface area contributed by atoms with E-state index < -0.39 is 12.1 Å². The molecule has 2 aliphatic heterocycles. The van der Waals surface area contributed by atoms with E-state index in [1.807, 2.05) is 6.07 Å². The lowest BCUT2D eigenvalue weighted by molar-refractivity contribution is -0.192. The zero-order valence-electron chi connectivity index (χ0n) is 17.6. The van der Waals surface area contributed by atoms with Gasteiger partial charge in [-0.15, -0.1) is 0 Å². The normalized spacial score (nSPS) is 26.5. The van der Waals surface area contributed by atoms with Crippen LogP contribution < -0.4 is 10.6 Å². The van der Waals surface area contributed by atoms with Gasteiger partial charge in [-0.05, 0) is 93.9 Å². The van der Waals surface area contributed by atoms with Gasteiger partial charge in [-0.1, -0.05) is 0 Å². The third kappa shape index (κ3) is 5.89. The molecule has 170 valence electrons. The molecule has 4 rings (SSSR count). The van der Waals surface area contributed by atoms with Crippen LogP contribution in [0.25, 0.3) is 0 Å². The number of aliphatic carboxylic acids is 1. The molecular formula is C22H29F3N4O2. The van der Waals surface area contributed by atoms with Crippen LogP contribution in [0, 0.1) is 16.7 Å². The summed E-state index contributed by atoms with van der Waals surface area (Å²) in [5, 5.41) is 23.8. The maximum absolute atomic E-state index is 10.6. The van der Waals surface area contributed by atoms with Crippen molar-refractivity contribution in [1.29, 1.82) is 5.26 Å². The number of piperidine rings is 1. The highest BCUT2D eigenvalue weighted by molar-refractivity contribution is 5.73. The van der Waals surface area contributed by atoms with Crippen LogP contribution in [0.15, 0.2) is 18.2 Å². The molecule has 0 unspecified atom stereocenters. The molecule has 0 radical (unpaired) electrons. The number of benzene rings is 1. The Hall–Kier alpha value is -2.31. The van der Waals surface area contributed by atoms with Gasteiger partial charge in [0, 0.05) is 18.3 Å². The lowest BCUT2D eigenvalue weighted by Crippen LogP contribution is -2.46. The Morgan fingerprint density at radius 3 is 2.48 bits per heavy atom. The molecule has 3 fully saturated rings. The Balaban J connectivity index is 0.000000339. The summed E-state index contributed by atoms with van der Waals surface area (Å²) >= 11 is 0. The van der Waals surface area contributed by atoms with E-state index >= 15 is 0 Å². The number of hydrogen-bond acceptors (Lipinski definition) is 5. The second kappa shape index (κ2) is 9.45. The van der Waals surface area contributed by atoms with E-state index in [9.17, 15) is 18.4 Å². The summed E-state index contributed by atoms with van der Waals surface area (Å²) in [7, 11) is 2.18. The van der Waals surface area contributed by atoms with Gasteiger partial charge >= 0.3 is 12.1 Å². The SMILES string of the molecule is CN1CCC(c2cc(NC3CC4(CCNC4)C3)ccc2C#N)CC1.O=C(O)C(F)(F)F. The molecule has 3 aliphatic rings. The maximum atomic E-state index is 10.6. The molecular weight excluding hydrogens is 409 g/mol. The van der Waals surface area contributed by atoms with Crippen molar-refractivity contribution < 1.29 is 23.1 Å². The van der Waals surface area contributed by atoms with Crippen molar-refractivity contribution >= 4 is 11.7 Å². The minimum atomic E-state index is -5.08. The number of nitriles is 1. The van der Waals surface area contributed by atoms with Crippen molar-refractivity contribution in [3.63, 3.8) is 0 Å². The molecule has 1 aliphatic carbocycles. The van der Waals surface area contributed by atoms with Crippen LogP contribution in [0.2, 0.25) is 0 Å². The van der Waals surface area contributed by atoms with Gasteiger partial charge in [0.2, 0.25) is 0 Å². The molecule has 31 heavy (non-hydrogen) atoms. The molecule has 0 aromatic heterocycles. The molecule has 1 aromatic rings. The van der Waals surface area contributed by atoms with E-state index in [-0.39, 0.29) is 0 Å². The fraction of sp³-hybridized carbons (Fsp3) is 0.636. The predicted octanol–water partition coefficient (Wildman–Crippen LogP) is 3.55. The summed E-state index contributed by atoms with van der Waals surface area (Å²) in [6.07, 6.45) is 1.13. The smallest absolute Gasteiger partial charge is 0.475 e. The number of nitrogens with one attached hydrogen (secondary N) is 2. The molecule has 9 heteroatoms. The van der Waals surface area contributed by atoms with Gasteiger partial charge in [-0.25, -0.2) is 4.79 Å². The summed E-state index contributed by atoms with van der Waals surface area (Å²) in [6, 6.07) is 9.37. The average molecular weight is 438 g/mol. The Morgan fingerprint density at radius 2 is 1.97 bits per heavy atom. The van der Waals surface area contributed by atoms with Gasteiger partial charge in [-0.2, -0.15) is 18.4 Å². The zero-order valence-corrected chi connectivity index (χ0v) is 17.6. The van der Waals surface area contributed by atoms with Crippen molar-refractivity contribution in [3.8, 4) is 6.07 Å². The van der Waals surface area contributed by atoms with Crippen LogP contribution in [0.3, 0.4) is 0 Å². The van der Waals surface area contributed by atoms with E-state index in [0.29, 0.717) is 17.4 Å². The lowest BCUT2D eigenvalue weighted by Gasteiger charge is -2.45. The van der Waals surface area contributed by atoms with Crippen molar-refractivity contribution in [2.45, 2.75) is 50.2 Å². The second-order valence-electron chi connectivity index (χ2n) is 8.97. The first-order valence-corrected chi connectivity index (χ1v) is 10.6. The van der Waals surface area contributed by atoms with Crippen molar-refractivity contribution in [3.05, 3.63) is 29.3 Å². The first-order valence-electron chi connectivity index (χ1n) is 10.6. The highest BCUT2D eigenvalue weighted by Gasteiger charge is 2.45. The topological polar surface area (TPSA) is 88.4 Å².